The van der Waals surface area contributed by atoms with Crippen LogP contribution in [0.2, 0.25) is 10.0 Å². The van der Waals surface area contributed by atoms with Gasteiger partial charge in [0, 0.05) is 16.3 Å². The molecule has 2 aliphatic rings. The molecule has 38 heavy (non-hydrogen) atoms. The van der Waals surface area contributed by atoms with Gasteiger partial charge in [-0.15, -0.1) is 0 Å². The first kappa shape index (κ1) is 26.8. The normalized spacial score (nSPS) is 23.5. The maximum Gasteiger partial charge on any atom is 0.424 e. The van der Waals surface area contributed by atoms with Crippen LogP contribution in [0.25, 0.3) is 0 Å². The Labute approximate surface area is 226 Å². The van der Waals surface area contributed by atoms with Gasteiger partial charge in [-0.2, -0.15) is 13.2 Å². The summed E-state index contributed by atoms with van der Waals surface area (Å²) in [5.41, 5.74) is -2.95. The van der Waals surface area contributed by atoms with E-state index in [1.54, 1.807) is 31.2 Å². The summed E-state index contributed by atoms with van der Waals surface area (Å²) in [7, 11) is 0. The molecule has 200 valence electrons. The Bertz CT molecular complexity index is 1380. The van der Waals surface area contributed by atoms with Gasteiger partial charge in [-0.05, 0) is 66.8 Å². The lowest BCUT2D eigenvalue weighted by molar-refractivity contribution is -0.302. The molecule has 0 fully saturated rings. The molecule has 1 aliphatic heterocycles. The van der Waals surface area contributed by atoms with Gasteiger partial charge >= 0.3 is 6.18 Å². The first-order chi connectivity index (χ1) is 17.9. The van der Waals surface area contributed by atoms with Gasteiger partial charge in [0.1, 0.15) is 11.9 Å². The predicted octanol–water partition coefficient (Wildman–Crippen LogP) is 7.30. The van der Waals surface area contributed by atoms with Crippen LogP contribution in [-0.2, 0) is 16.8 Å². The zero-order valence-corrected chi connectivity index (χ0v) is 21.6. The number of rotatable bonds is 4. The molecule has 1 N–H and O–H groups in total. The number of hydrogen-bond donors (Lipinski definition) is 1. The molecule has 0 bridgehead atoms. The number of halogens is 6. The summed E-state index contributed by atoms with van der Waals surface area (Å²) in [5.74, 6) is -0.575. The number of amides is 1. The zero-order valence-electron chi connectivity index (χ0n) is 20.1. The van der Waals surface area contributed by atoms with Crippen molar-refractivity contribution in [1.29, 1.82) is 0 Å². The van der Waals surface area contributed by atoms with Gasteiger partial charge in [-0.25, -0.2) is 4.39 Å². The molecule has 4 nitrogen and oxygen atoms in total. The molecular formula is C28H23Cl2F4NO3. The lowest BCUT2D eigenvalue weighted by Gasteiger charge is -2.44. The number of carbonyl (C=O) groups is 1. The van der Waals surface area contributed by atoms with Gasteiger partial charge in [-0.1, -0.05) is 53.5 Å². The van der Waals surface area contributed by atoms with Crippen LogP contribution in [-0.4, -0.2) is 29.8 Å². The van der Waals surface area contributed by atoms with Crippen LogP contribution in [0.5, 0.6) is 5.75 Å². The van der Waals surface area contributed by atoms with Gasteiger partial charge in [-0.3, -0.25) is 4.79 Å². The molecule has 3 aromatic carbocycles. The van der Waals surface area contributed by atoms with Crippen molar-refractivity contribution >= 4 is 34.8 Å². The second kappa shape index (κ2) is 9.74. The zero-order chi connectivity index (χ0) is 27.4. The second-order valence-electron chi connectivity index (χ2n) is 9.63. The average Bonchev–Trinajstić information content (AvgIpc) is 3.07. The summed E-state index contributed by atoms with van der Waals surface area (Å²) in [6.07, 6.45) is -7.87. The summed E-state index contributed by atoms with van der Waals surface area (Å²) in [6.45, 7) is 1.79. The predicted molar refractivity (Wildman–Crippen MR) is 137 cm³/mol. The maximum atomic E-state index is 14.8. The van der Waals surface area contributed by atoms with Gasteiger partial charge in [0.2, 0.25) is 11.5 Å². The fraction of sp³-hybridized carbons (Fsp3) is 0.321. The molecule has 0 spiro atoms. The van der Waals surface area contributed by atoms with Crippen molar-refractivity contribution in [2.45, 2.75) is 49.7 Å². The molecule has 0 aromatic heterocycles. The molecule has 1 heterocycles. The number of nitrogens with zero attached hydrogens (tertiary/aromatic N) is 1. The molecule has 0 saturated carbocycles. The monoisotopic (exact) mass is 567 g/mol. The van der Waals surface area contributed by atoms with Crippen molar-refractivity contribution in [3.8, 4) is 5.75 Å². The smallest absolute Gasteiger partial charge is 0.424 e. The van der Waals surface area contributed by atoms with Crippen molar-refractivity contribution in [2.24, 2.45) is 0 Å². The van der Waals surface area contributed by atoms with E-state index in [1.807, 2.05) is 18.2 Å². The van der Waals surface area contributed by atoms with Crippen molar-refractivity contribution in [1.82, 2.24) is 0 Å². The molecule has 2 unspecified atom stereocenters. The number of aryl methyl sites for hydroxylation is 1. The highest BCUT2D eigenvalue weighted by Crippen LogP contribution is 2.60. The Morgan fingerprint density at radius 1 is 1.13 bits per heavy atom. The van der Waals surface area contributed by atoms with E-state index < -0.39 is 35.5 Å². The molecule has 5 rings (SSSR count). The molecule has 0 saturated heterocycles. The van der Waals surface area contributed by atoms with Crippen LogP contribution in [0.4, 0.5) is 23.2 Å². The molecule has 10 heteroatoms. The topological polar surface area (TPSA) is 49.8 Å². The molecule has 0 radical (unpaired) electrons. The van der Waals surface area contributed by atoms with E-state index in [0.29, 0.717) is 28.4 Å². The van der Waals surface area contributed by atoms with E-state index in [2.05, 4.69) is 0 Å². The number of carbonyl (C=O) groups excluding carboxylic acids is 1. The minimum atomic E-state index is -5.19. The van der Waals surface area contributed by atoms with Crippen LogP contribution in [0.15, 0.2) is 60.7 Å². The van der Waals surface area contributed by atoms with E-state index in [1.165, 1.54) is 23.1 Å². The highest BCUT2D eigenvalue weighted by Gasteiger charge is 2.68. The Morgan fingerprint density at radius 2 is 1.84 bits per heavy atom. The Balaban J connectivity index is 1.55. The molecule has 4 atom stereocenters. The summed E-state index contributed by atoms with van der Waals surface area (Å²) in [5, 5.41) is 10.9. The number of alkyl halides is 4. The van der Waals surface area contributed by atoms with Gasteiger partial charge in [0.05, 0.1) is 17.5 Å². The van der Waals surface area contributed by atoms with Gasteiger partial charge < -0.3 is 14.7 Å². The number of ether oxygens (including phenoxy) is 1. The number of aliphatic hydroxyl groups is 1. The van der Waals surface area contributed by atoms with Crippen molar-refractivity contribution in [3.05, 3.63) is 93.0 Å². The minimum Gasteiger partial charge on any atom is -0.487 e. The van der Waals surface area contributed by atoms with Crippen LogP contribution in [0.1, 0.15) is 47.7 Å². The van der Waals surface area contributed by atoms with Crippen LogP contribution >= 0.6 is 23.2 Å². The fourth-order valence-corrected chi connectivity index (χ4v) is 5.56. The Morgan fingerprint density at radius 3 is 2.50 bits per heavy atom. The van der Waals surface area contributed by atoms with Crippen LogP contribution in [0, 0.1) is 0 Å². The molecule has 3 aromatic rings. The van der Waals surface area contributed by atoms with Crippen molar-refractivity contribution < 1.29 is 32.2 Å². The van der Waals surface area contributed by atoms with E-state index in [-0.39, 0.29) is 29.5 Å². The van der Waals surface area contributed by atoms with E-state index >= 15 is 0 Å². The van der Waals surface area contributed by atoms with Gasteiger partial charge in [0.25, 0.3) is 0 Å². The Kier molecular flexibility index (Phi) is 6.86. The summed E-state index contributed by atoms with van der Waals surface area (Å²) in [6, 6.07) is 16.2. The quantitative estimate of drug-likeness (QED) is 0.336. The Hall–Kier alpha value is -2.81. The third kappa shape index (κ3) is 4.42. The summed E-state index contributed by atoms with van der Waals surface area (Å²) < 4.78 is 61.7. The lowest BCUT2D eigenvalue weighted by Crippen LogP contribution is -2.53. The van der Waals surface area contributed by atoms with E-state index in [4.69, 9.17) is 27.9 Å². The number of fused-ring (bicyclic) bond motifs is 2. The minimum absolute atomic E-state index is 0.0568. The van der Waals surface area contributed by atoms with Crippen LogP contribution < -0.4 is 9.64 Å². The molecule has 1 aliphatic carbocycles. The van der Waals surface area contributed by atoms with E-state index in [9.17, 15) is 27.5 Å². The number of anilines is 1. The average molecular weight is 568 g/mol. The highest BCUT2D eigenvalue weighted by molar-refractivity contribution is 6.35. The van der Waals surface area contributed by atoms with Gasteiger partial charge in [0.15, 0.2) is 6.17 Å². The summed E-state index contributed by atoms with van der Waals surface area (Å²) in [4.78, 5) is 15.2. The lowest BCUT2D eigenvalue weighted by atomic mass is 9.70. The summed E-state index contributed by atoms with van der Waals surface area (Å²) >= 11 is 12.3. The van der Waals surface area contributed by atoms with Crippen molar-refractivity contribution in [3.63, 3.8) is 0 Å². The van der Waals surface area contributed by atoms with Crippen molar-refractivity contribution in [2.75, 3.05) is 11.4 Å². The van der Waals surface area contributed by atoms with Crippen LogP contribution in [0.3, 0.4) is 0 Å². The third-order valence-electron chi connectivity index (χ3n) is 7.27. The fourth-order valence-electron chi connectivity index (χ4n) is 5.10. The largest absolute Gasteiger partial charge is 0.487 e. The highest BCUT2D eigenvalue weighted by atomic mass is 35.5. The number of benzene rings is 3. The first-order valence-corrected chi connectivity index (χ1v) is 12.8. The second-order valence-corrected chi connectivity index (χ2v) is 10.5. The SMILES string of the molecule is C[C@H](C(=O)N1C[C@@H](Oc2ccc(Cl)cc2Cl)CCc2cc3c(cc21)C(F)C3(O)C(F)(F)F)c1ccccc1. The standard InChI is InChI=1S/C28H23Cl2F4NO3/c1-15(16-5-3-2-4-6-16)26(36)35-14-19(38-24-10-8-18(29)12-22(24)30)9-7-17-11-21-20(13-23(17)35)25(31)27(21,37)28(32,33)34/h2-6,8,10-13,15,19,25,37H,7,9,14H2,1H3/t15-,19-,25?,27?/m0/s1. The third-order valence-corrected chi connectivity index (χ3v) is 7.80. The van der Waals surface area contributed by atoms with E-state index in [0.717, 1.165) is 5.56 Å². The first-order valence-electron chi connectivity index (χ1n) is 12.0. The maximum absolute atomic E-state index is 14.8. The molecular weight excluding hydrogens is 545 g/mol. The number of hydrogen-bond acceptors (Lipinski definition) is 3. The molecule has 1 amide bonds.